The molecule has 0 radical (unpaired) electrons. The number of fused-ring (bicyclic) bond motifs is 1. The molecule has 0 spiro atoms. The molecule has 1 aliphatic rings. The van der Waals surface area contributed by atoms with Gasteiger partial charge in [-0.15, -0.1) is 10.8 Å². The Balaban J connectivity index is 1.62. The lowest BCUT2D eigenvalue weighted by Crippen LogP contribution is -2.42. The fraction of sp³-hybridized carbons (Fsp3) is 0.222. The van der Waals surface area contributed by atoms with E-state index in [4.69, 9.17) is 0 Å². The van der Waals surface area contributed by atoms with Crippen molar-refractivity contribution in [2.75, 3.05) is 0 Å². The molecule has 1 unspecified atom stereocenters. The van der Waals surface area contributed by atoms with Crippen molar-refractivity contribution in [1.82, 2.24) is 19.2 Å². The number of nitrogens with zero attached hydrogens (tertiary/aromatic N) is 2. The van der Waals surface area contributed by atoms with E-state index >= 15 is 0 Å². The van der Waals surface area contributed by atoms with Crippen molar-refractivity contribution in [1.29, 1.82) is 0 Å². The first-order valence-electron chi connectivity index (χ1n) is 12.7. The number of para-hydroxylation sites is 2. The van der Waals surface area contributed by atoms with Crippen LogP contribution in [0.3, 0.4) is 0 Å². The van der Waals surface area contributed by atoms with Gasteiger partial charge in [0, 0.05) is 0 Å². The van der Waals surface area contributed by atoms with Crippen LogP contribution in [0.4, 0.5) is 13.2 Å². The van der Waals surface area contributed by atoms with E-state index in [0.29, 0.717) is 27.7 Å². The van der Waals surface area contributed by atoms with Crippen LogP contribution in [-0.4, -0.2) is 50.0 Å². The number of amides is 1. The molecule has 4 aromatic rings. The average Bonchev–Trinajstić information content (AvgIpc) is 3.49. The smallest absolute Gasteiger partial charge is 0.344 e. The van der Waals surface area contributed by atoms with E-state index in [1.807, 2.05) is 0 Å². The molecule has 1 aromatic heterocycles. The summed E-state index contributed by atoms with van der Waals surface area (Å²) in [6, 6.07) is 16.1. The molecule has 0 bridgehead atoms. The van der Waals surface area contributed by atoms with Gasteiger partial charge in [0.25, 0.3) is 10.0 Å². The summed E-state index contributed by atoms with van der Waals surface area (Å²) in [4.78, 5) is 35.4. The molecule has 16 heteroatoms. The van der Waals surface area contributed by atoms with Crippen LogP contribution in [0.15, 0.2) is 77.7 Å². The SMILES string of the molecule is Cc1cc(C[C@@H](c2nc3ccccc3[nH]2)N(OC(=O)C(F)(F)F)S(=O)(=O)c2ccccc2)ccc1C1CC(=O)NS1(O)O. The third-order valence-corrected chi connectivity index (χ3v) is 10.2. The number of carbonyl (C=O) groups excluding carboxylic acids is 2. The van der Waals surface area contributed by atoms with E-state index in [2.05, 4.69) is 19.5 Å². The van der Waals surface area contributed by atoms with Crippen LogP contribution in [0, 0.1) is 6.92 Å². The maximum Gasteiger partial charge on any atom is 0.492 e. The number of alkyl halides is 3. The summed E-state index contributed by atoms with van der Waals surface area (Å²) in [6.45, 7) is 1.63. The number of benzene rings is 3. The number of hydrogen-bond acceptors (Lipinski definition) is 8. The molecule has 43 heavy (non-hydrogen) atoms. The Labute approximate surface area is 245 Å². The Morgan fingerprint density at radius 2 is 1.79 bits per heavy atom. The number of rotatable bonds is 8. The zero-order chi connectivity index (χ0) is 31.2. The lowest BCUT2D eigenvalue weighted by Gasteiger charge is -2.33. The van der Waals surface area contributed by atoms with Crippen molar-refractivity contribution in [2.45, 2.75) is 42.1 Å². The number of imidazole rings is 1. The predicted octanol–water partition coefficient (Wildman–Crippen LogP) is 5.09. The summed E-state index contributed by atoms with van der Waals surface area (Å²) in [5.74, 6) is -3.38. The van der Waals surface area contributed by atoms with Gasteiger partial charge < -0.3 is 9.82 Å². The third-order valence-electron chi connectivity index (χ3n) is 6.80. The van der Waals surface area contributed by atoms with Gasteiger partial charge in [0.15, 0.2) is 0 Å². The van der Waals surface area contributed by atoms with Gasteiger partial charge in [-0.1, -0.05) is 48.5 Å². The van der Waals surface area contributed by atoms with E-state index in [1.54, 1.807) is 37.3 Å². The number of sulfonamides is 1. The van der Waals surface area contributed by atoms with Crippen molar-refractivity contribution in [3.63, 3.8) is 0 Å². The summed E-state index contributed by atoms with van der Waals surface area (Å²) in [5.41, 5.74) is 2.18. The molecule has 2 heterocycles. The quantitative estimate of drug-likeness (QED) is 0.194. The topological polar surface area (TPSA) is 162 Å². The molecule has 1 aliphatic heterocycles. The minimum atomic E-state index is -5.52. The maximum absolute atomic E-state index is 13.8. The van der Waals surface area contributed by atoms with Crippen LogP contribution < -0.4 is 4.72 Å². The largest absolute Gasteiger partial charge is 0.492 e. The fourth-order valence-corrected chi connectivity index (χ4v) is 7.76. The second-order valence-electron chi connectivity index (χ2n) is 9.81. The maximum atomic E-state index is 13.8. The van der Waals surface area contributed by atoms with Gasteiger partial charge in [0.2, 0.25) is 5.91 Å². The number of aromatic nitrogens is 2. The minimum Gasteiger partial charge on any atom is -0.344 e. The highest BCUT2D eigenvalue weighted by Crippen LogP contribution is 2.56. The van der Waals surface area contributed by atoms with Crippen LogP contribution in [0.25, 0.3) is 11.0 Å². The third kappa shape index (κ3) is 6.23. The summed E-state index contributed by atoms with van der Waals surface area (Å²) in [7, 11) is -8.36. The molecule has 11 nitrogen and oxygen atoms in total. The van der Waals surface area contributed by atoms with Crippen molar-refractivity contribution < 1.29 is 45.1 Å². The number of carbonyl (C=O) groups is 2. The first-order valence-corrected chi connectivity index (χ1v) is 15.7. The summed E-state index contributed by atoms with van der Waals surface area (Å²) >= 11 is 0. The minimum absolute atomic E-state index is 0.00922. The lowest BCUT2D eigenvalue weighted by molar-refractivity contribution is -0.227. The van der Waals surface area contributed by atoms with Crippen LogP contribution in [0.5, 0.6) is 0 Å². The molecule has 1 saturated heterocycles. The van der Waals surface area contributed by atoms with Crippen molar-refractivity contribution in [3.8, 4) is 0 Å². The lowest BCUT2D eigenvalue weighted by atomic mass is 9.97. The van der Waals surface area contributed by atoms with Gasteiger partial charge in [-0.05, 0) is 58.8 Å². The molecule has 228 valence electrons. The van der Waals surface area contributed by atoms with E-state index in [0.717, 1.165) is 12.1 Å². The Hall–Kier alpha value is -3.96. The zero-order valence-electron chi connectivity index (χ0n) is 22.3. The fourth-order valence-electron chi connectivity index (χ4n) is 4.81. The van der Waals surface area contributed by atoms with Gasteiger partial charge in [-0.3, -0.25) is 18.6 Å². The molecule has 3 aromatic carbocycles. The zero-order valence-corrected chi connectivity index (χ0v) is 23.9. The summed E-state index contributed by atoms with van der Waals surface area (Å²) in [5, 5.41) is -0.928. The number of H-pyrrole nitrogens is 1. The van der Waals surface area contributed by atoms with Crippen LogP contribution >= 0.6 is 10.8 Å². The van der Waals surface area contributed by atoms with Crippen molar-refractivity contribution >= 4 is 43.7 Å². The standard InChI is InChI=1S/C27H25F3N4O7S2/c1-16-13-17(11-12-19(16)23-15-24(35)33-42(23,37)38)14-22(25-31-20-9-5-6-10-21(20)32-25)34(41-26(36)27(28,29)30)43(39,40)18-7-3-2-4-8-18/h2-13,22-23,37-38H,14-15H2,1H3,(H,31,32)(H,33,35)/t22-,23?/m0/s1. The second kappa shape index (κ2) is 11.3. The molecular formula is C27H25F3N4O7S2. The van der Waals surface area contributed by atoms with Crippen molar-refractivity contribution in [3.05, 3.63) is 95.3 Å². The first-order chi connectivity index (χ1) is 20.2. The number of halogens is 3. The van der Waals surface area contributed by atoms with E-state index < -0.39 is 55.0 Å². The number of hydrogen-bond donors (Lipinski definition) is 4. The normalized spacial score (nSPS) is 18.4. The van der Waals surface area contributed by atoms with E-state index in [9.17, 15) is 40.3 Å². The predicted molar refractivity (Wildman–Crippen MR) is 150 cm³/mol. The van der Waals surface area contributed by atoms with Gasteiger partial charge >= 0.3 is 12.1 Å². The molecule has 0 saturated carbocycles. The second-order valence-corrected chi connectivity index (χ2v) is 13.6. The van der Waals surface area contributed by atoms with Crippen LogP contribution in [0.1, 0.15) is 40.2 Å². The van der Waals surface area contributed by atoms with E-state index in [1.165, 1.54) is 30.3 Å². The van der Waals surface area contributed by atoms with Gasteiger partial charge in [0.05, 0.1) is 22.3 Å². The average molecular weight is 639 g/mol. The highest BCUT2D eigenvalue weighted by Gasteiger charge is 2.47. The number of aromatic amines is 1. The highest BCUT2D eigenvalue weighted by molar-refractivity contribution is 8.23. The number of nitrogens with one attached hydrogen (secondary N) is 2. The Morgan fingerprint density at radius 3 is 2.40 bits per heavy atom. The molecule has 0 aliphatic carbocycles. The Morgan fingerprint density at radius 1 is 1.12 bits per heavy atom. The summed E-state index contributed by atoms with van der Waals surface area (Å²) < 4.78 is 90.6. The monoisotopic (exact) mass is 638 g/mol. The van der Waals surface area contributed by atoms with E-state index in [-0.39, 0.29) is 23.1 Å². The first kappa shape index (κ1) is 30.5. The number of aryl methyl sites for hydroxylation is 1. The Kier molecular flexibility index (Phi) is 8.00. The molecule has 2 atom stereocenters. The number of hydroxylamine groups is 1. The molecular weight excluding hydrogens is 613 g/mol. The molecule has 5 rings (SSSR count). The van der Waals surface area contributed by atoms with Crippen molar-refractivity contribution in [2.24, 2.45) is 0 Å². The van der Waals surface area contributed by atoms with Gasteiger partial charge in [0.1, 0.15) is 17.1 Å². The van der Waals surface area contributed by atoms with Crippen LogP contribution in [-0.2, 0) is 30.9 Å². The highest BCUT2D eigenvalue weighted by atomic mass is 32.3. The Bertz CT molecular complexity index is 1760. The van der Waals surface area contributed by atoms with Gasteiger partial charge in [-0.2, -0.15) is 13.2 Å². The molecule has 1 fully saturated rings. The van der Waals surface area contributed by atoms with Crippen LogP contribution in [0.2, 0.25) is 0 Å². The molecule has 1 amide bonds. The summed E-state index contributed by atoms with van der Waals surface area (Å²) in [6.07, 6.45) is -6.01. The molecule has 4 N–H and O–H groups in total. The van der Waals surface area contributed by atoms with Gasteiger partial charge in [-0.25, -0.2) is 18.2 Å².